The third-order valence-electron chi connectivity index (χ3n) is 6.97. The molecule has 0 bridgehead atoms. The van der Waals surface area contributed by atoms with E-state index in [1.54, 1.807) is 28.4 Å². The first-order valence-corrected chi connectivity index (χ1v) is 14.4. The number of anilines is 3. The molecule has 0 saturated carbocycles. The zero-order valence-corrected chi connectivity index (χ0v) is 22.2. The van der Waals surface area contributed by atoms with Crippen molar-refractivity contribution in [3.8, 4) is 46.0 Å². The molecule has 37 heavy (non-hydrogen) atoms. The van der Waals surface area contributed by atoms with Crippen molar-refractivity contribution in [3.05, 3.63) is 60.7 Å². The second kappa shape index (κ2) is 7.81. The molecule has 0 fully saturated rings. The van der Waals surface area contributed by atoms with Gasteiger partial charge in [0.1, 0.15) is 46.0 Å². The lowest BCUT2D eigenvalue weighted by Crippen LogP contribution is -2.42. The molecule has 186 valence electrons. The van der Waals surface area contributed by atoms with Crippen LogP contribution >= 0.6 is 6.04 Å². The molecular weight excluding hydrogens is 509 g/mol. The van der Waals surface area contributed by atoms with Gasteiger partial charge < -0.3 is 33.3 Å². The Labute approximate surface area is 219 Å². The minimum atomic E-state index is -2.60. The van der Waals surface area contributed by atoms with Crippen molar-refractivity contribution in [2.45, 2.75) is 0 Å². The van der Waals surface area contributed by atoms with Crippen LogP contribution in [0.4, 0.5) is 17.1 Å². The highest BCUT2D eigenvalue weighted by molar-refractivity contribution is 8.26. The molecule has 3 aliphatic heterocycles. The Morgan fingerprint density at radius 3 is 1.41 bits per heavy atom. The predicted octanol–water partition coefficient (Wildman–Crippen LogP) is 5.47. The van der Waals surface area contributed by atoms with Gasteiger partial charge in [0.15, 0.2) is 0 Å². The van der Waals surface area contributed by atoms with E-state index >= 15 is 0 Å². The van der Waals surface area contributed by atoms with Crippen molar-refractivity contribution in [1.82, 2.24) is 0 Å². The molecule has 7 rings (SSSR count). The summed E-state index contributed by atoms with van der Waals surface area (Å²) in [7, 11) is 6.57. The van der Waals surface area contributed by atoms with E-state index in [9.17, 15) is 0 Å². The highest BCUT2D eigenvalue weighted by Crippen LogP contribution is 2.66. The van der Waals surface area contributed by atoms with Crippen LogP contribution in [0, 0.1) is 0 Å². The number of benzene rings is 4. The van der Waals surface area contributed by atoms with Crippen LogP contribution in [0.3, 0.4) is 0 Å². The van der Waals surface area contributed by atoms with Gasteiger partial charge in [-0.25, -0.2) is 0 Å². The van der Waals surface area contributed by atoms with E-state index in [0.717, 1.165) is 38.7 Å². The lowest BCUT2D eigenvalue weighted by Gasteiger charge is -2.45. The molecule has 0 aromatic heterocycles. The molecule has 0 saturated heterocycles. The first kappa shape index (κ1) is 22.3. The maximum Gasteiger partial charge on any atom is 0.144 e. The molecule has 3 heterocycles. The van der Waals surface area contributed by atoms with Crippen LogP contribution in [-0.2, 0) is 11.8 Å². The van der Waals surface area contributed by atoms with Crippen LogP contribution in [0.5, 0.6) is 46.0 Å². The van der Waals surface area contributed by atoms with E-state index in [1.807, 2.05) is 60.7 Å². The molecular formula is C28H22NO6PS. The summed E-state index contributed by atoms with van der Waals surface area (Å²) in [5.41, 5.74) is 2.74. The molecule has 9 heteroatoms. The Balaban J connectivity index is 1.62. The lowest BCUT2D eigenvalue weighted by atomic mass is 10.1. The Morgan fingerprint density at radius 2 is 0.973 bits per heavy atom. The molecule has 0 atom stereocenters. The molecule has 0 aliphatic carbocycles. The second-order valence-corrected chi connectivity index (χ2v) is 13.0. The zero-order chi connectivity index (χ0) is 25.5. The molecule has 0 amide bonds. The summed E-state index contributed by atoms with van der Waals surface area (Å²) in [6, 6.07) is 16.9. The van der Waals surface area contributed by atoms with Gasteiger partial charge >= 0.3 is 0 Å². The minimum absolute atomic E-state index is 0.630. The molecule has 0 spiro atoms. The number of nitrogens with zero attached hydrogens (tertiary/aromatic N) is 1. The number of rotatable bonds is 5. The summed E-state index contributed by atoms with van der Waals surface area (Å²) < 4.78 is 35.4. The van der Waals surface area contributed by atoms with Gasteiger partial charge in [-0.1, -0.05) is 11.8 Å². The second-order valence-electron chi connectivity index (χ2n) is 8.81. The van der Waals surface area contributed by atoms with Gasteiger partial charge in [-0.05, 0) is 24.3 Å². The molecule has 0 N–H and O–H groups in total. The third kappa shape index (κ3) is 2.91. The average Bonchev–Trinajstić information content (AvgIpc) is 2.92. The van der Waals surface area contributed by atoms with Crippen molar-refractivity contribution < 1.29 is 28.4 Å². The summed E-state index contributed by atoms with van der Waals surface area (Å²) in [6.07, 6.45) is 0. The van der Waals surface area contributed by atoms with Crippen LogP contribution < -0.4 is 49.2 Å². The first-order valence-electron chi connectivity index (χ1n) is 11.6. The van der Waals surface area contributed by atoms with Gasteiger partial charge in [-0.2, -0.15) is 0 Å². The quantitative estimate of drug-likeness (QED) is 0.271. The molecule has 4 aromatic rings. The summed E-state index contributed by atoms with van der Waals surface area (Å²) in [5, 5.41) is 2.84. The normalized spacial score (nSPS) is 14.6. The summed E-state index contributed by atoms with van der Waals surface area (Å²) >= 11 is 6.75. The van der Waals surface area contributed by atoms with E-state index in [2.05, 4.69) is 4.90 Å². The van der Waals surface area contributed by atoms with E-state index in [0.29, 0.717) is 40.2 Å². The predicted molar refractivity (Wildman–Crippen MR) is 147 cm³/mol. The van der Waals surface area contributed by atoms with Crippen LogP contribution in [0.1, 0.15) is 0 Å². The standard InChI is InChI=1S/C28H22NO6PS/c1-30-16-7-5-15(6-8-16)29-20-9-17(31-2)11-22-26(20)36(37)27-21(29)10-18(32-3)12-23(27)35-25-14-19(33-4)13-24(34-22)28(25)36/h5-14H,1-4H3. The van der Waals surface area contributed by atoms with Crippen LogP contribution in [0.25, 0.3) is 0 Å². The Hall–Kier alpha value is -3.87. The van der Waals surface area contributed by atoms with Crippen molar-refractivity contribution in [3.63, 3.8) is 0 Å². The Morgan fingerprint density at radius 1 is 0.568 bits per heavy atom. The molecule has 4 aromatic carbocycles. The topological polar surface area (TPSA) is 58.6 Å². The molecule has 3 aliphatic rings. The largest absolute Gasteiger partial charge is 0.497 e. The molecule has 0 radical (unpaired) electrons. The number of hydrogen-bond acceptors (Lipinski definition) is 8. The van der Waals surface area contributed by atoms with Gasteiger partial charge in [0, 0.05) is 42.1 Å². The van der Waals surface area contributed by atoms with Crippen LogP contribution in [0.15, 0.2) is 60.7 Å². The van der Waals surface area contributed by atoms with Gasteiger partial charge in [-0.3, -0.25) is 0 Å². The van der Waals surface area contributed by atoms with E-state index in [1.165, 1.54) is 0 Å². The summed E-state index contributed by atoms with van der Waals surface area (Å²) in [5.74, 6) is 5.38. The maximum absolute atomic E-state index is 6.75. The highest BCUT2D eigenvalue weighted by Gasteiger charge is 2.50. The summed E-state index contributed by atoms with van der Waals surface area (Å²) in [6.45, 7) is 0. The lowest BCUT2D eigenvalue weighted by molar-refractivity contribution is 0.397. The maximum atomic E-state index is 6.75. The highest BCUT2D eigenvalue weighted by atomic mass is 32.4. The third-order valence-corrected chi connectivity index (χ3v) is 11.8. The van der Waals surface area contributed by atoms with Crippen molar-refractivity contribution >= 4 is 50.8 Å². The fourth-order valence-corrected chi connectivity index (χ4v) is 10.3. The number of hydrogen-bond donors (Lipinski definition) is 0. The van der Waals surface area contributed by atoms with E-state index in [-0.39, 0.29) is 0 Å². The zero-order valence-electron chi connectivity index (χ0n) is 20.5. The number of methoxy groups -OCH3 is 4. The fraction of sp³-hybridized carbons (Fsp3) is 0.143. The van der Waals surface area contributed by atoms with Crippen LogP contribution in [0.2, 0.25) is 0 Å². The number of ether oxygens (including phenoxy) is 6. The van der Waals surface area contributed by atoms with Gasteiger partial charge in [0.05, 0.1) is 61.8 Å². The summed E-state index contributed by atoms with van der Waals surface area (Å²) in [4.78, 5) is 2.17. The molecule has 0 unspecified atom stereocenters. The monoisotopic (exact) mass is 531 g/mol. The SMILES string of the molecule is COc1ccc(N2c3cc(OC)cc4c3P3(=S)c5c(cc(OC)cc5Oc5cc(OC)cc2c53)O4)cc1. The van der Waals surface area contributed by atoms with Gasteiger partial charge in [-0.15, -0.1) is 0 Å². The minimum Gasteiger partial charge on any atom is -0.497 e. The Kier molecular flexibility index (Phi) is 4.72. The van der Waals surface area contributed by atoms with Crippen molar-refractivity contribution in [2.24, 2.45) is 0 Å². The molecule has 7 nitrogen and oxygen atoms in total. The smallest absolute Gasteiger partial charge is 0.144 e. The van der Waals surface area contributed by atoms with Gasteiger partial charge in [0.25, 0.3) is 0 Å². The van der Waals surface area contributed by atoms with Crippen molar-refractivity contribution in [2.75, 3.05) is 33.3 Å². The van der Waals surface area contributed by atoms with Crippen molar-refractivity contribution in [1.29, 1.82) is 0 Å². The first-order chi connectivity index (χ1) is 18.0. The van der Waals surface area contributed by atoms with E-state index in [4.69, 9.17) is 40.2 Å². The average molecular weight is 532 g/mol. The Bertz CT molecular complexity index is 1580. The van der Waals surface area contributed by atoms with E-state index < -0.39 is 6.04 Å². The van der Waals surface area contributed by atoms with Crippen LogP contribution in [-0.4, -0.2) is 28.4 Å². The van der Waals surface area contributed by atoms with Gasteiger partial charge in [0.2, 0.25) is 0 Å². The fourth-order valence-electron chi connectivity index (χ4n) is 5.36.